The Morgan fingerprint density at radius 3 is 2.06 bits per heavy atom. The van der Waals surface area contributed by atoms with Gasteiger partial charge in [-0.1, -0.05) is 64.1 Å². The lowest BCUT2D eigenvalue weighted by molar-refractivity contribution is -0.141. The van der Waals surface area contributed by atoms with Gasteiger partial charge in [-0.2, -0.15) is 13.2 Å². The fraction of sp³-hybridized carbons (Fsp3) is 0.346. The number of pyridine rings is 1. The summed E-state index contributed by atoms with van der Waals surface area (Å²) in [6.07, 6.45) is -4.75. The largest absolute Gasteiger partial charge is 0.433 e. The summed E-state index contributed by atoms with van der Waals surface area (Å²) in [5.74, 6) is 0.347. The minimum absolute atomic E-state index is 0.236. The van der Waals surface area contributed by atoms with Crippen molar-refractivity contribution in [2.45, 2.75) is 52.4 Å². The van der Waals surface area contributed by atoms with Crippen molar-refractivity contribution in [3.8, 4) is 0 Å². The molecule has 166 valence electrons. The van der Waals surface area contributed by atoms with E-state index in [9.17, 15) is 13.2 Å². The quantitative estimate of drug-likeness (QED) is 0.397. The smallest absolute Gasteiger partial charge is 0.316 e. The zero-order chi connectivity index (χ0) is 23.1. The Hall–Kier alpha value is -3.02. The van der Waals surface area contributed by atoms with Gasteiger partial charge in [-0.15, -0.1) is 0 Å². The molecule has 0 amide bonds. The molecule has 5 rings (SSSR count). The third-order valence-corrected chi connectivity index (χ3v) is 7.59. The van der Waals surface area contributed by atoms with Crippen LogP contribution in [-0.4, -0.2) is 11.1 Å². The van der Waals surface area contributed by atoms with E-state index in [2.05, 4.69) is 49.7 Å². The number of rotatable bonds is 1. The summed E-state index contributed by atoms with van der Waals surface area (Å²) in [4.78, 5) is 8.38. The predicted octanol–water partition coefficient (Wildman–Crippen LogP) is 7.34. The summed E-state index contributed by atoms with van der Waals surface area (Å²) in [7, 11) is 0. The molecule has 2 aromatic carbocycles. The van der Waals surface area contributed by atoms with Gasteiger partial charge in [0.1, 0.15) is 11.9 Å². The van der Waals surface area contributed by atoms with Crippen molar-refractivity contribution < 1.29 is 13.2 Å². The zero-order valence-electron chi connectivity index (χ0n) is 18.8. The van der Waals surface area contributed by atoms with Gasteiger partial charge >= 0.3 is 6.18 Å². The lowest BCUT2D eigenvalue weighted by atomic mass is 9.59. The van der Waals surface area contributed by atoms with Crippen LogP contribution >= 0.6 is 0 Å². The number of para-hydroxylation sites is 2. The summed E-state index contributed by atoms with van der Waals surface area (Å²) >= 11 is 0. The monoisotopic (exact) mass is 437 g/mol. The van der Waals surface area contributed by atoms with Crippen LogP contribution < -0.4 is 9.80 Å². The van der Waals surface area contributed by atoms with E-state index >= 15 is 0 Å². The van der Waals surface area contributed by atoms with E-state index in [1.54, 1.807) is 6.07 Å². The lowest BCUT2D eigenvalue weighted by Gasteiger charge is -2.56. The number of halogens is 3. The standard InChI is InChI=1S/C26H26F3N3/c1-16-10-6-8-12-18(16)32-22-20(14-15-21(30-22)26(27,28)29)31-19-13-9-7-11-17(19)24(2,3)25(4,5)23(31)32/h6-15,23H,1-5H3. The zero-order valence-corrected chi connectivity index (χ0v) is 18.8. The van der Waals surface area contributed by atoms with Gasteiger partial charge in [0.2, 0.25) is 0 Å². The normalized spacial score (nSPS) is 20.6. The molecule has 3 nitrogen and oxygen atoms in total. The highest BCUT2D eigenvalue weighted by atomic mass is 19.4. The number of benzene rings is 2. The average molecular weight is 438 g/mol. The molecule has 3 aromatic rings. The van der Waals surface area contributed by atoms with Crippen LogP contribution in [0.2, 0.25) is 0 Å². The molecule has 0 saturated heterocycles. The molecule has 2 aliphatic heterocycles. The maximum Gasteiger partial charge on any atom is 0.433 e. The molecule has 1 unspecified atom stereocenters. The Balaban J connectivity index is 1.86. The topological polar surface area (TPSA) is 19.4 Å². The molecule has 0 N–H and O–H groups in total. The predicted molar refractivity (Wildman–Crippen MR) is 122 cm³/mol. The first-order valence-electron chi connectivity index (χ1n) is 10.8. The number of alkyl halides is 3. The molecule has 0 aliphatic carbocycles. The molecule has 1 aromatic heterocycles. The number of hydrogen-bond donors (Lipinski definition) is 0. The van der Waals surface area contributed by atoms with Gasteiger partial charge in [-0.25, -0.2) is 4.98 Å². The van der Waals surface area contributed by atoms with Crippen molar-refractivity contribution in [1.29, 1.82) is 0 Å². The van der Waals surface area contributed by atoms with E-state index in [-0.39, 0.29) is 17.0 Å². The van der Waals surface area contributed by atoms with Crippen LogP contribution in [0.1, 0.15) is 44.5 Å². The summed E-state index contributed by atoms with van der Waals surface area (Å²) in [6.45, 7) is 10.8. The Morgan fingerprint density at radius 1 is 0.781 bits per heavy atom. The number of aryl methyl sites for hydroxylation is 1. The molecule has 0 radical (unpaired) electrons. The minimum Gasteiger partial charge on any atom is -0.316 e. The Labute approximate surface area is 186 Å². The van der Waals surface area contributed by atoms with E-state index in [1.807, 2.05) is 48.2 Å². The Morgan fingerprint density at radius 2 is 1.41 bits per heavy atom. The van der Waals surface area contributed by atoms with Crippen LogP contribution in [0, 0.1) is 12.3 Å². The average Bonchev–Trinajstić information content (AvgIpc) is 3.08. The van der Waals surface area contributed by atoms with E-state index in [0.717, 1.165) is 23.0 Å². The van der Waals surface area contributed by atoms with Crippen molar-refractivity contribution in [1.82, 2.24) is 4.98 Å². The maximum atomic E-state index is 13.7. The second-order valence-electron chi connectivity index (χ2n) is 9.80. The van der Waals surface area contributed by atoms with Crippen molar-refractivity contribution in [3.05, 3.63) is 77.5 Å². The molecular formula is C26H26F3N3. The van der Waals surface area contributed by atoms with Gasteiger partial charge in [0.15, 0.2) is 5.82 Å². The minimum atomic E-state index is -4.51. The van der Waals surface area contributed by atoms with Gasteiger partial charge in [0.05, 0.1) is 5.69 Å². The first-order valence-corrected chi connectivity index (χ1v) is 10.8. The van der Waals surface area contributed by atoms with Crippen molar-refractivity contribution in [2.75, 3.05) is 9.80 Å². The summed E-state index contributed by atoms with van der Waals surface area (Å²) in [5, 5.41) is 0. The van der Waals surface area contributed by atoms with Crippen LogP contribution in [0.3, 0.4) is 0 Å². The van der Waals surface area contributed by atoms with Gasteiger partial charge in [-0.05, 0) is 42.3 Å². The second-order valence-corrected chi connectivity index (χ2v) is 9.80. The molecule has 6 heteroatoms. The SMILES string of the molecule is Cc1ccccc1N1c2nc(C(F)(F)F)ccc2N2c3ccccc3C(C)(C)C(C)(C)C21. The van der Waals surface area contributed by atoms with Crippen LogP contribution in [-0.2, 0) is 11.6 Å². The van der Waals surface area contributed by atoms with Crippen molar-refractivity contribution in [2.24, 2.45) is 5.41 Å². The van der Waals surface area contributed by atoms with Gasteiger partial charge in [0.25, 0.3) is 0 Å². The van der Waals surface area contributed by atoms with E-state index in [1.165, 1.54) is 5.56 Å². The molecule has 2 aliphatic rings. The number of hydrogen-bond acceptors (Lipinski definition) is 3. The first kappa shape index (κ1) is 20.9. The molecular weight excluding hydrogens is 411 g/mol. The van der Waals surface area contributed by atoms with Crippen LogP contribution in [0.25, 0.3) is 0 Å². The Kier molecular flexibility index (Phi) is 4.24. The number of aromatic nitrogens is 1. The third-order valence-electron chi connectivity index (χ3n) is 7.59. The van der Waals surface area contributed by atoms with E-state index in [0.29, 0.717) is 11.5 Å². The van der Waals surface area contributed by atoms with Gasteiger partial charge < -0.3 is 9.80 Å². The molecule has 0 fully saturated rings. The van der Waals surface area contributed by atoms with Crippen LogP contribution in [0.15, 0.2) is 60.7 Å². The highest BCUT2D eigenvalue weighted by molar-refractivity contribution is 5.89. The number of fused-ring (bicyclic) bond motifs is 5. The molecule has 3 heterocycles. The third kappa shape index (κ3) is 2.64. The first-order chi connectivity index (χ1) is 15.0. The number of nitrogens with zero attached hydrogens (tertiary/aromatic N) is 3. The molecule has 32 heavy (non-hydrogen) atoms. The lowest BCUT2D eigenvalue weighted by Crippen LogP contribution is -2.60. The van der Waals surface area contributed by atoms with E-state index in [4.69, 9.17) is 0 Å². The second kappa shape index (κ2) is 6.50. The van der Waals surface area contributed by atoms with Crippen LogP contribution in [0.4, 0.5) is 36.1 Å². The summed E-state index contributed by atoms with van der Waals surface area (Å²) in [5.41, 5.74) is 3.31. The summed E-state index contributed by atoms with van der Waals surface area (Å²) in [6, 6.07) is 18.7. The van der Waals surface area contributed by atoms with Gasteiger partial charge in [0, 0.05) is 22.2 Å². The highest BCUT2D eigenvalue weighted by Gasteiger charge is 2.58. The molecule has 1 atom stereocenters. The number of anilines is 4. The van der Waals surface area contributed by atoms with E-state index < -0.39 is 11.9 Å². The summed E-state index contributed by atoms with van der Waals surface area (Å²) < 4.78 is 41.0. The van der Waals surface area contributed by atoms with Crippen LogP contribution in [0.5, 0.6) is 0 Å². The molecule has 0 bridgehead atoms. The Bertz CT molecular complexity index is 1210. The van der Waals surface area contributed by atoms with Crippen molar-refractivity contribution in [3.63, 3.8) is 0 Å². The fourth-order valence-electron chi connectivity index (χ4n) is 5.20. The maximum absolute atomic E-state index is 13.7. The highest BCUT2D eigenvalue weighted by Crippen LogP contribution is 2.62. The van der Waals surface area contributed by atoms with Crippen molar-refractivity contribution >= 4 is 22.9 Å². The fourth-order valence-corrected chi connectivity index (χ4v) is 5.20. The molecule has 0 spiro atoms. The van der Waals surface area contributed by atoms with Gasteiger partial charge in [-0.3, -0.25) is 0 Å². The molecule has 0 saturated carbocycles.